The lowest BCUT2D eigenvalue weighted by Gasteiger charge is -2.60. The number of alkyl halides is 1. The number of carbonyl (C=O) groups is 3. The lowest BCUT2D eigenvalue weighted by atomic mass is 9.46. The number of aliphatic hydroxyl groups is 1. The largest absolute Gasteiger partial charge is 0.450 e. The Kier molecular flexibility index (Phi) is 5.54. The molecule has 0 aromatic heterocycles. The first kappa shape index (κ1) is 22.7. The first-order chi connectivity index (χ1) is 14.5. The maximum absolute atomic E-state index is 13.3. The van der Waals surface area contributed by atoms with Crippen LogP contribution in [0.5, 0.6) is 0 Å². The SMILES string of the molecule is CCC(=O)O[C@@]1(C(=O)CCl)[C@H](C)C[C@H]2[C@@H]3CCC4=CC(=O)C=C[C@]4(C)[C@H]3[C@@H](O)C[C@@]21C. The molecule has 4 aliphatic carbocycles. The summed E-state index contributed by atoms with van der Waals surface area (Å²) in [6.45, 7) is 7.84. The average Bonchev–Trinajstić information content (AvgIpc) is 2.94. The Bertz CT molecular complexity index is 877. The lowest BCUT2D eigenvalue weighted by molar-refractivity contribution is -0.202. The van der Waals surface area contributed by atoms with E-state index in [2.05, 4.69) is 6.92 Å². The monoisotopic (exact) mass is 448 g/mol. The van der Waals surface area contributed by atoms with E-state index in [-0.39, 0.29) is 53.0 Å². The highest BCUT2D eigenvalue weighted by Gasteiger charge is 2.72. The topological polar surface area (TPSA) is 80.7 Å². The van der Waals surface area contributed by atoms with E-state index in [0.717, 1.165) is 24.8 Å². The number of hydrogen-bond donors (Lipinski definition) is 1. The molecule has 6 heteroatoms. The van der Waals surface area contributed by atoms with Gasteiger partial charge in [-0.2, -0.15) is 0 Å². The van der Waals surface area contributed by atoms with Gasteiger partial charge in [-0.15, -0.1) is 11.6 Å². The van der Waals surface area contributed by atoms with Crippen molar-refractivity contribution in [3.05, 3.63) is 23.8 Å². The summed E-state index contributed by atoms with van der Waals surface area (Å²) in [7, 11) is 0. The number of ketones is 2. The summed E-state index contributed by atoms with van der Waals surface area (Å²) in [4.78, 5) is 37.7. The number of halogens is 1. The molecular weight excluding hydrogens is 416 g/mol. The first-order valence-corrected chi connectivity index (χ1v) is 12.0. The second-order valence-electron chi connectivity index (χ2n) is 10.5. The van der Waals surface area contributed by atoms with Crippen molar-refractivity contribution >= 4 is 29.1 Å². The van der Waals surface area contributed by atoms with Gasteiger partial charge in [0.25, 0.3) is 0 Å². The van der Waals surface area contributed by atoms with Crippen molar-refractivity contribution in [2.45, 2.75) is 71.5 Å². The van der Waals surface area contributed by atoms with Gasteiger partial charge in [-0.25, -0.2) is 0 Å². The molecule has 31 heavy (non-hydrogen) atoms. The minimum absolute atomic E-state index is 0.00811. The van der Waals surface area contributed by atoms with Crippen molar-refractivity contribution in [2.24, 2.45) is 34.5 Å². The van der Waals surface area contributed by atoms with E-state index in [1.54, 1.807) is 19.1 Å². The third-order valence-electron chi connectivity index (χ3n) is 9.13. The molecule has 0 radical (unpaired) electrons. The first-order valence-electron chi connectivity index (χ1n) is 11.5. The summed E-state index contributed by atoms with van der Waals surface area (Å²) in [6, 6.07) is 0. The Morgan fingerprint density at radius 3 is 2.68 bits per heavy atom. The van der Waals surface area contributed by atoms with Crippen LogP contribution in [0.1, 0.15) is 59.8 Å². The van der Waals surface area contributed by atoms with E-state index >= 15 is 0 Å². The highest BCUT2D eigenvalue weighted by molar-refractivity contribution is 6.29. The van der Waals surface area contributed by atoms with Gasteiger partial charge in [0.1, 0.15) is 0 Å². The van der Waals surface area contributed by atoms with Gasteiger partial charge in [-0.1, -0.05) is 39.3 Å². The Balaban J connectivity index is 1.80. The highest BCUT2D eigenvalue weighted by Crippen LogP contribution is 2.69. The number of esters is 1. The van der Waals surface area contributed by atoms with Crippen LogP contribution in [0, 0.1) is 34.5 Å². The van der Waals surface area contributed by atoms with E-state index < -0.39 is 23.1 Å². The zero-order valence-electron chi connectivity index (χ0n) is 18.8. The summed E-state index contributed by atoms with van der Waals surface area (Å²) < 4.78 is 6.01. The summed E-state index contributed by atoms with van der Waals surface area (Å²) in [5, 5.41) is 11.5. The third kappa shape index (κ3) is 2.95. The molecule has 5 nitrogen and oxygen atoms in total. The van der Waals surface area contributed by atoms with Gasteiger partial charge < -0.3 is 9.84 Å². The molecule has 0 unspecified atom stereocenters. The fraction of sp³-hybridized carbons (Fsp3) is 0.720. The summed E-state index contributed by atoms with van der Waals surface area (Å²) in [6.07, 6.45) is 7.61. The number of Topliss-reactive ketones (excluding diaryl/α,β-unsaturated/α-hetero) is 1. The number of rotatable bonds is 4. The molecule has 0 saturated heterocycles. The number of allylic oxidation sites excluding steroid dienone is 4. The normalized spacial score (nSPS) is 45.9. The molecule has 1 N–H and O–H groups in total. The highest BCUT2D eigenvalue weighted by atomic mass is 35.5. The molecule has 4 rings (SSSR count). The molecule has 0 heterocycles. The molecule has 3 saturated carbocycles. The van der Waals surface area contributed by atoms with Gasteiger partial charge in [-0.3, -0.25) is 14.4 Å². The molecular formula is C25H33ClO5. The molecule has 0 spiro atoms. The Hall–Kier alpha value is -1.46. The molecule has 0 aromatic carbocycles. The standard InChI is InChI=1S/C25H33ClO5/c1-5-21(30)31-25(20(29)13-26)14(2)10-18-17-7-6-15-11-16(27)8-9-23(15,3)22(17)19(28)12-24(18,25)4/h8-9,11,14,17-19,22,28H,5-7,10,12-13H2,1-4H3/t14-,17+,18+,19+,22-,23+,24+,25-/m1/s1. The summed E-state index contributed by atoms with van der Waals surface area (Å²) >= 11 is 6.06. The average molecular weight is 449 g/mol. The number of ether oxygens (including phenoxy) is 1. The van der Waals surface area contributed by atoms with Gasteiger partial charge in [0.05, 0.1) is 12.0 Å². The zero-order chi connectivity index (χ0) is 22.8. The molecule has 3 fully saturated rings. The van der Waals surface area contributed by atoms with Crippen molar-refractivity contribution in [1.82, 2.24) is 0 Å². The van der Waals surface area contributed by atoms with Crippen LogP contribution < -0.4 is 0 Å². The van der Waals surface area contributed by atoms with Crippen LogP contribution in [-0.2, 0) is 19.1 Å². The molecule has 0 aliphatic heterocycles. The molecule has 0 bridgehead atoms. The number of carbonyl (C=O) groups excluding carboxylic acids is 3. The van der Waals surface area contributed by atoms with E-state index in [1.165, 1.54) is 0 Å². The number of aliphatic hydroxyl groups excluding tert-OH is 1. The second kappa shape index (κ2) is 7.55. The van der Waals surface area contributed by atoms with Crippen LogP contribution in [0.15, 0.2) is 23.8 Å². The zero-order valence-corrected chi connectivity index (χ0v) is 19.6. The quantitative estimate of drug-likeness (QED) is 0.519. The van der Waals surface area contributed by atoms with Crippen molar-refractivity contribution in [3.63, 3.8) is 0 Å². The molecule has 4 aliphatic rings. The third-order valence-corrected chi connectivity index (χ3v) is 9.38. The van der Waals surface area contributed by atoms with Gasteiger partial charge in [0.2, 0.25) is 0 Å². The second-order valence-corrected chi connectivity index (χ2v) is 10.7. The van der Waals surface area contributed by atoms with Gasteiger partial charge in [0.15, 0.2) is 17.2 Å². The van der Waals surface area contributed by atoms with Crippen LogP contribution in [0.4, 0.5) is 0 Å². The van der Waals surface area contributed by atoms with Crippen molar-refractivity contribution in [1.29, 1.82) is 0 Å². The molecule has 8 atom stereocenters. The number of fused-ring (bicyclic) bond motifs is 5. The van der Waals surface area contributed by atoms with E-state index in [9.17, 15) is 19.5 Å². The summed E-state index contributed by atoms with van der Waals surface area (Å²) in [5.74, 6) is -0.798. The fourth-order valence-electron chi connectivity index (χ4n) is 7.86. The molecule has 170 valence electrons. The minimum Gasteiger partial charge on any atom is -0.450 e. The van der Waals surface area contributed by atoms with E-state index in [4.69, 9.17) is 16.3 Å². The van der Waals surface area contributed by atoms with E-state index in [0.29, 0.717) is 6.42 Å². The molecule has 0 aromatic rings. The van der Waals surface area contributed by atoms with Gasteiger partial charge >= 0.3 is 5.97 Å². The predicted molar refractivity (Wildman–Crippen MR) is 117 cm³/mol. The van der Waals surface area contributed by atoms with Gasteiger partial charge in [-0.05, 0) is 49.7 Å². The van der Waals surface area contributed by atoms with Crippen LogP contribution in [0.25, 0.3) is 0 Å². The van der Waals surface area contributed by atoms with E-state index in [1.807, 2.05) is 19.9 Å². The Morgan fingerprint density at radius 2 is 2.03 bits per heavy atom. The maximum atomic E-state index is 13.3. The predicted octanol–water partition coefficient (Wildman–Crippen LogP) is 4.01. The smallest absolute Gasteiger partial charge is 0.306 e. The van der Waals surface area contributed by atoms with Gasteiger partial charge in [0, 0.05) is 29.1 Å². The molecule has 0 amide bonds. The van der Waals surface area contributed by atoms with Crippen molar-refractivity contribution in [2.75, 3.05) is 5.88 Å². The fourth-order valence-corrected chi connectivity index (χ4v) is 8.06. The van der Waals surface area contributed by atoms with Crippen LogP contribution >= 0.6 is 11.6 Å². The van der Waals surface area contributed by atoms with Crippen LogP contribution in [0.2, 0.25) is 0 Å². The Morgan fingerprint density at radius 1 is 1.32 bits per heavy atom. The lowest BCUT2D eigenvalue weighted by Crippen LogP contribution is -2.64. The van der Waals surface area contributed by atoms with Crippen molar-refractivity contribution < 1.29 is 24.2 Å². The van der Waals surface area contributed by atoms with Crippen LogP contribution in [0.3, 0.4) is 0 Å². The maximum Gasteiger partial charge on any atom is 0.306 e. The summed E-state index contributed by atoms with van der Waals surface area (Å²) in [5.41, 5.74) is -1.28. The number of hydrogen-bond acceptors (Lipinski definition) is 5. The van der Waals surface area contributed by atoms with Crippen LogP contribution in [-0.4, -0.2) is 40.2 Å². The van der Waals surface area contributed by atoms with Crippen molar-refractivity contribution in [3.8, 4) is 0 Å². The Labute approximate surface area is 189 Å². The minimum atomic E-state index is -1.31.